The Morgan fingerprint density at radius 3 is 2.29 bits per heavy atom. The second kappa shape index (κ2) is 3.72. The summed E-state index contributed by atoms with van der Waals surface area (Å²) in [5, 5.41) is 0. The van der Waals surface area contributed by atoms with Crippen molar-refractivity contribution in [1.82, 2.24) is 0 Å². The van der Waals surface area contributed by atoms with Gasteiger partial charge in [-0.3, -0.25) is 0 Å². The highest BCUT2D eigenvalue weighted by atomic mass is 14.4. The molecule has 1 rings (SSSR count). The molecule has 0 amide bonds. The topological polar surface area (TPSA) is 0 Å². The van der Waals surface area contributed by atoms with Crippen LogP contribution >= 0.6 is 0 Å². The average Bonchev–Trinajstić information content (AvgIpc) is 2.01. The molecule has 0 aliphatic heterocycles. The second-order valence-corrected chi connectivity index (χ2v) is 6.46. The first-order valence-electron chi connectivity index (χ1n) is 5.93. The Morgan fingerprint density at radius 2 is 1.86 bits per heavy atom. The summed E-state index contributed by atoms with van der Waals surface area (Å²) in [6, 6.07) is 0. The van der Waals surface area contributed by atoms with Gasteiger partial charge in [0.25, 0.3) is 0 Å². The van der Waals surface area contributed by atoms with Crippen LogP contribution in [-0.2, 0) is 0 Å². The van der Waals surface area contributed by atoms with E-state index in [-0.39, 0.29) is 0 Å². The maximum Gasteiger partial charge on any atom is -0.0198 e. The van der Waals surface area contributed by atoms with Crippen LogP contribution in [0.3, 0.4) is 0 Å². The predicted octanol–water partition coefficient (Wildman–Crippen LogP) is 4.81. The minimum atomic E-state index is 0.507. The van der Waals surface area contributed by atoms with Crippen molar-refractivity contribution in [1.29, 1.82) is 0 Å². The summed E-state index contributed by atoms with van der Waals surface area (Å²) in [5.41, 5.74) is 2.44. The van der Waals surface area contributed by atoms with Gasteiger partial charge in [0.05, 0.1) is 0 Å². The molecule has 0 heteroatoms. The first-order valence-corrected chi connectivity index (χ1v) is 5.93. The Balaban J connectivity index is 2.82. The van der Waals surface area contributed by atoms with Crippen LogP contribution in [0.5, 0.6) is 0 Å². The minimum Gasteiger partial charge on any atom is -0.0999 e. The molecule has 0 N–H and O–H groups in total. The van der Waals surface area contributed by atoms with Gasteiger partial charge in [-0.25, -0.2) is 0 Å². The molecule has 2 atom stereocenters. The Hall–Kier alpha value is -0.260. The molecule has 0 saturated heterocycles. The van der Waals surface area contributed by atoms with Crippen molar-refractivity contribution in [3.8, 4) is 0 Å². The zero-order valence-electron chi connectivity index (χ0n) is 10.6. The van der Waals surface area contributed by atoms with Gasteiger partial charge in [-0.2, -0.15) is 0 Å². The fourth-order valence-corrected chi connectivity index (χ4v) is 3.25. The lowest BCUT2D eigenvalue weighted by Crippen LogP contribution is -2.35. The predicted molar refractivity (Wildman–Crippen MR) is 64.3 cm³/mol. The summed E-state index contributed by atoms with van der Waals surface area (Å²) in [5.74, 6) is 0.753. The van der Waals surface area contributed by atoms with Crippen LogP contribution < -0.4 is 0 Å². The molecule has 0 aromatic carbocycles. The highest BCUT2D eigenvalue weighted by Crippen LogP contribution is 2.51. The van der Waals surface area contributed by atoms with Crippen LogP contribution in [0.2, 0.25) is 0 Å². The maximum atomic E-state index is 4.14. The van der Waals surface area contributed by atoms with E-state index in [2.05, 4.69) is 41.2 Å². The lowest BCUT2D eigenvalue weighted by molar-refractivity contribution is 0.0643. The highest BCUT2D eigenvalue weighted by Gasteiger charge is 2.40. The van der Waals surface area contributed by atoms with Gasteiger partial charge in [0.2, 0.25) is 0 Å². The monoisotopic (exact) mass is 194 g/mol. The van der Waals surface area contributed by atoms with Crippen molar-refractivity contribution in [2.24, 2.45) is 16.7 Å². The van der Waals surface area contributed by atoms with Gasteiger partial charge in [0, 0.05) is 0 Å². The summed E-state index contributed by atoms with van der Waals surface area (Å²) in [4.78, 5) is 0. The van der Waals surface area contributed by atoms with E-state index in [1.54, 1.807) is 0 Å². The van der Waals surface area contributed by atoms with Crippen molar-refractivity contribution in [2.45, 2.75) is 60.3 Å². The highest BCUT2D eigenvalue weighted by molar-refractivity contribution is 5.04. The van der Waals surface area contributed by atoms with E-state index in [0.29, 0.717) is 10.8 Å². The maximum absolute atomic E-state index is 4.14. The SMILES string of the molecule is C=C(C)C1CC(C)(C)CC(C)(CC)C1. The van der Waals surface area contributed by atoms with Gasteiger partial charge in [0.15, 0.2) is 0 Å². The Morgan fingerprint density at radius 1 is 1.29 bits per heavy atom. The van der Waals surface area contributed by atoms with Crippen LogP contribution in [0.15, 0.2) is 12.2 Å². The van der Waals surface area contributed by atoms with Gasteiger partial charge >= 0.3 is 0 Å². The molecule has 0 spiro atoms. The van der Waals surface area contributed by atoms with E-state index < -0.39 is 0 Å². The Labute approximate surface area is 89.8 Å². The molecule has 0 bridgehead atoms. The molecule has 1 aliphatic carbocycles. The van der Waals surface area contributed by atoms with Gasteiger partial charge < -0.3 is 0 Å². The third-order valence-corrected chi connectivity index (χ3v) is 3.99. The molecular weight excluding hydrogens is 168 g/mol. The van der Waals surface area contributed by atoms with Gasteiger partial charge in [-0.1, -0.05) is 46.3 Å². The van der Waals surface area contributed by atoms with Crippen molar-refractivity contribution < 1.29 is 0 Å². The molecule has 0 aromatic rings. The van der Waals surface area contributed by atoms with Gasteiger partial charge in [0.1, 0.15) is 0 Å². The fourth-order valence-electron chi connectivity index (χ4n) is 3.25. The van der Waals surface area contributed by atoms with E-state index in [9.17, 15) is 0 Å². The van der Waals surface area contributed by atoms with Crippen molar-refractivity contribution in [3.63, 3.8) is 0 Å². The molecule has 0 radical (unpaired) electrons. The molecule has 0 heterocycles. The summed E-state index contributed by atoms with van der Waals surface area (Å²) in [6.07, 6.45) is 5.36. The molecule has 1 fully saturated rings. The first kappa shape index (κ1) is 11.8. The van der Waals surface area contributed by atoms with Crippen molar-refractivity contribution in [2.75, 3.05) is 0 Å². The van der Waals surface area contributed by atoms with Gasteiger partial charge in [-0.15, -0.1) is 0 Å². The van der Waals surface area contributed by atoms with Crippen molar-refractivity contribution in [3.05, 3.63) is 12.2 Å². The molecule has 2 unspecified atom stereocenters. The summed E-state index contributed by atoms with van der Waals surface area (Å²) < 4.78 is 0. The number of hydrogen-bond donors (Lipinski definition) is 0. The summed E-state index contributed by atoms with van der Waals surface area (Å²) in [7, 11) is 0. The van der Waals surface area contributed by atoms with E-state index in [0.717, 1.165) is 5.92 Å². The molecule has 1 aliphatic rings. The van der Waals surface area contributed by atoms with Crippen LogP contribution in [0.4, 0.5) is 0 Å². The fraction of sp³-hybridized carbons (Fsp3) is 0.857. The smallest absolute Gasteiger partial charge is 0.0198 e. The molecule has 82 valence electrons. The lowest BCUT2D eigenvalue weighted by Gasteiger charge is -2.47. The lowest BCUT2D eigenvalue weighted by atomic mass is 9.59. The van der Waals surface area contributed by atoms with Crippen molar-refractivity contribution >= 4 is 0 Å². The largest absolute Gasteiger partial charge is 0.0999 e. The van der Waals surface area contributed by atoms with E-state index in [1.165, 1.54) is 31.3 Å². The Kier molecular flexibility index (Phi) is 3.13. The molecule has 0 aromatic heterocycles. The van der Waals surface area contributed by atoms with E-state index >= 15 is 0 Å². The van der Waals surface area contributed by atoms with Crippen LogP contribution in [0.1, 0.15) is 60.3 Å². The third-order valence-electron chi connectivity index (χ3n) is 3.99. The quantitative estimate of drug-likeness (QED) is 0.554. The van der Waals surface area contributed by atoms with Crippen LogP contribution in [0.25, 0.3) is 0 Å². The second-order valence-electron chi connectivity index (χ2n) is 6.46. The van der Waals surface area contributed by atoms with Crippen LogP contribution in [0, 0.1) is 16.7 Å². The zero-order valence-corrected chi connectivity index (χ0v) is 10.6. The minimum absolute atomic E-state index is 0.507. The normalized spacial score (nSPS) is 36.8. The molecular formula is C14H26. The average molecular weight is 194 g/mol. The third kappa shape index (κ3) is 2.62. The first-order chi connectivity index (χ1) is 6.28. The molecule has 14 heavy (non-hydrogen) atoms. The molecule has 1 saturated carbocycles. The van der Waals surface area contributed by atoms with E-state index in [1.807, 2.05) is 0 Å². The van der Waals surface area contributed by atoms with Gasteiger partial charge in [-0.05, 0) is 42.9 Å². The summed E-state index contributed by atoms with van der Waals surface area (Å²) in [6.45, 7) is 15.9. The molecule has 0 nitrogen and oxygen atoms in total. The summed E-state index contributed by atoms with van der Waals surface area (Å²) >= 11 is 0. The zero-order chi connectivity index (χ0) is 11.0. The number of rotatable bonds is 2. The standard InChI is InChI=1S/C14H26/c1-7-14(6)9-12(11(2)3)8-13(4,5)10-14/h12H,2,7-10H2,1,3-6H3. The van der Waals surface area contributed by atoms with E-state index in [4.69, 9.17) is 0 Å². The number of allylic oxidation sites excluding steroid dienone is 1. The van der Waals surface area contributed by atoms with Crippen LogP contribution in [-0.4, -0.2) is 0 Å². The number of hydrogen-bond acceptors (Lipinski definition) is 0. The Bertz CT molecular complexity index is 224.